The monoisotopic (exact) mass is 425 g/mol. The maximum absolute atomic E-state index is 6.28. The van der Waals surface area contributed by atoms with Crippen LogP contribution in [0.3, 0.4) is 0 Å². The summed E-state index contributed by atoms with van der Waals surface area (Å²) in [5.74, 6) is 0. The van der Waals surface area contributed by atoms with E-state index in [9.17, 15) is 0 Å². The Kier molecular flexibility index (Phi) is 7.48. The van der Waals surface area contributed by atoms with Crippen molar-refractivity contribution >= 4 is 11.6 Å². The molecule has 0 spiro atoms. The van der Waals surface area contributed by atoms with Gasteiger partial charge >= 0.3 is 0 Å². The molecule has 3 nitrogen and oxygen atoms in total. The van der Waals surface area contributed by atoms with Gasteiger partial charge in [0.1, 0.15) is 0 Å². The van der Waals surface area contributed by atoms with Gasteiger partial charge in [-0.15, -0.1) is 0 Å². The van der Waals surface area contributed by atoms with Gasteiger partial charge in [0.15, 0.2) is 0 Å². The van der Waals surface area contributed by atoms with Gasteiger partial charge in [-0.2, -0.15) is 0 Å². The van der Waals surface area contributed by atoms with Crippen LogP contribution in [0.2, 0.25) is 5.02 Å². The Bertz CT molecular complexity index is 778. The van der Waals surface area contributed by atoms with E-state index in [2.05, 4.69) is 70.7 Å². The number of hydrogen-bond donors (Lipinski definition) is 1. The zero-order valence-electron chi connectivity index (χ0n) is 18.3. The highest BCUT2D eigenvalue weighted by molar-refractivity contribution is 6.30. The van der Waals surface area contributed by atoms with E-state index in [1.807, 2.05) is 6.07 Å². The van der Waals surface area contributed by atoms with Crippen LogP contribution in [0.5, 0.6) is 0 Å². The van der Waals surface area contributed by atoms with Crippen molar-refractivity contribution in [3.8, 4) is 0 Å². The molecule has 0 aromatic heterocycles. The van der Waals surface area contributed by atoms with Crippen LogP contribution >= 0.6 is 11.6 Å². The molecule has 1 heterocycles. The summed E-state index contributed by atoms with van der Waals surface area (Å²) in [6, 6.07) is 20.1. The zero-order valence-corrected chi connectivity index (χ0v) is 19.1. The summed E-state index contributed by atoms with van der Waals surface area (Å²) < 4.78 is 0. The summed E-state index contributed by atoms with van der Waals surface area (Å²) in [5, 5.41) is 4.48. The summed E-state index contributed by atoms with van der Waals surface area (Å²) >= 11 is 6.28. The highest BCUT2D eigenvalue weighted by atomic mass is 35.5. The van der Waals surface area contributed by atoms with E-state index < -0.39 is 0 Å². The van der Waals surface area contributed by atoms with E-state index in [1.54, 1.807) is 0 Å². The van der Waals surface area contributed by atoms with Crippen molar-refractivity contribution in [1.82, 2.24) is 15.1 Å². The molecule has 30 heavy (non-hydrogen) atoms. The molecule has 1 saturated heterocycles. The number of nitrogens with one attached hydrogen (secondary N) is 1. The van der Waals surface area contributed by atoms with Gasteiger partial charge in [-0.05, 0) is 75.4 Å². The van der Waals surface area contributed by atoms with Gasteiger partial charge in [0, 0.05) is 42.8 Å². The van der Waals surface area contributed by atoms with Crippen LogP contribution in [-0.4, -0.2) is 55.6 Å². The van der Waals surface area contributed by atoms with E-state index in [0.717, 1.165) is 11.1 Å². The fourth-order valence-corrected chi connectivity index (χ4v) is 5.62. The molecule has 1 aliphatic heterocycles. The molecule has 2 aliphatic rings. The molecule has 0 amide bonds. The Morgan fingerprint density at radius 2 is 1.70 bits per heavy atom. The molecule has 0 bridgehead atoms. The van der Waals surface area contributed by atoms with Gasteiger partial charge < -0.3 is 10.2 Å². The lowest BCUT2D eigenvalue weighted by Crippen LogP contribution is -2.53. The second-order valence-corrected chi connectivity index (χ2v) is 9.48. The Morgan fingerprint density at radius 3 is 2.37 bits per heavy atom. The number of halogens is 1. The van der Waals surface area contributed by atoms with Crippen molar-refractivity contribution in [2.24, 2.45) is 0 Å². The van der Waals surface area contributed by atoms with Crippen LogP contribution in [0.1, 0.15) is 43.2 Å². The SMILES string of the molecule is CNC1(c2cccc(Cl)c2)CCC(N2CCN(CCCc3ccccc3)CC2)CC1. The lowest BCUT2D eigenvalue weighted by atomic mass is 9.74. The van der Waals surface area contributed by atoms with Crippen molar-refractivity contribution in [2.75, 3.05) is 39.8 Å². The van der Waals surface area contributed by atoms with Crippen molar-refractivity contribution in [2.45, 2.75) is 50.1 Å². The molecule has 2 fully saturated rings. The maximum Gasteiger partial charge on any atom is 0.0433 e. The number of nitrogens with zero attached hydrogens (tertiary/aromatic N) is 2. The van der Waals surface area contributed by atoms with Gasteiger partial charge in [0.05, 0.1) is 0 Å². The van der Waals surface area contributed by atoms with Crippen LogP contribution in [-0.2, 0) is 12.0 Å². The second kappa shape index (κ2) is 10.3. The first-order chi connectivity index (χ1) is 14.7. The van der Waals surface area contributed by atoms with Crippen LogP contribution < -0.4 is 5.32 Å². The first-order valence-corrected chi connectivity index (χ1v) is 12.0. The highest BCUT2D eigenvalue weighted by Crippen LogP contribution is 2.39. The average molecular weight is 426 g/mol. The van der Waals surface area contributed by atoms with Gasteiger partial charge in [-0.1, -0.05) is 54.1 Å². The molecular weight excluding hydrogens is 390 g/mol. The van der Waals surface area contributed by atoms with E-state index in [1.165, 1.54) is 82.4 Å². The second-order valence-electron chi connectivity index (χ2n) is 9.04. The smallest absolute Gasteiger partial charge is 0.0433 e. The Morgan fingerprint density at radius 1 is 0.967 bits per heavy atom. The number of benzene rings is 2. The molecule has 162 valence electrons. The number of rotatable bonds is 7. The van der Waals surface area contributed by atoms with Crippen molar-refractivity contribution < 1.29 is 0 Å². The summed E-state index contributed by atoms with van der Waals surface area (Å²) in [6.07, 6.45) is 7.36. The first kappa shape index (κ1) is 21.8. The quantitative estimate of drug-likeness (QED) is 0.677. The molecule has 4 heteroatoms. The average Bonchev–Trinajstić information content (AvgIpc) is 2.80. The topological polar surface area (TPSA) is 18.5 Å². The molecule has 0 radical (unpaired) electrons. The molecule has 1 saturated carbocycles. The van der Waals surface area contributed by atoms with E-state index in [0.29, 0.717) is 0 Å². The molecule has 2 aromatic rings. The Labute approximate surface area is 187 Å². The first-order valence-electron chi connectivity index (χ1n) is 11.6. The highest BCUT2D eigenvalue weighted by Gasteiger charge is 2.37. The maximum atomic E-state index is 6.28. The third-order valence-corrected chi connectivity index (χ3v) is 7.61. The molecule has 1 aliphatic carbocycles. The fourth-order valence-electron chi connectivity index (χ4n) is 5.43. The van der Waals surface area contributed by atoms with Crippen LogP contribution in [0, 0.1) is 0 Å². The Balaban J connectivity index is 1.22. The van der Waals surface area contributed by atoms with E-state index >= 15 is 0 Å². The normalized spacial score (nSPS) is 26.0. The molecule has 4 rings (SSSR count). The zero-order chi connectivity index (χ0) is 20.8. The predicted molar refractivity (Wildman–Crippen MR) is 127 cm³/mol. The van der Waals surface area contributed by atoms with Gasteiger partial charge in [0.25, 0.3) is 0 Å². The lowest BCUT2D eigenvalue weighted by Gasteiger charge is -2.46. The van der Waals surface area contributed by atoms with E-state index in [4.69, 9.17) is 11.6 Å². The number of hydrogen-bond acceptors (Lipinski definition) is 3. The van der Waals surface area contributed by atoms with Crippen LogP contribution in [0.25, 0.3) is 0 Å². The summed E-state index contributed by atoms with van der Waals surface area (Å²) in [6.45, 7) is 6.11. The van der Waals surface area contributed by atoms with Gasteiger partial charge in [-0.3, -0.25) is 4.90 Å². The number of aryl methyl sites for hydroxylation is 1. The lowest BCUT2D eigenvalue weighted by molar-refractivity contribution is 0.0601. The summed E-state index contributed by atoms with van der Waals surface area (Å²) in [7, 11) is 2.11. The molecule has 1 N–H and O–H groups in total. The van der Waals surface area contributed by atoms with Gasteiger partial charge in [0.2, 0.25) is 0 Å². The van der Waals surface area contributed by atoms with Crippen molar-refractivity contribution in [3.63, 3.8) is 0 Å². The number of piperazine rings is 1. The van der Waals surface area contributed by atoms with Gasteiger partial charge in [-0.25, -0.2) is 0 Å². The third kappa shape index (κ3) is 5.26. The van der Waals surface area contributed by atoms with Crippen molar-refractivity contribution in [1.29, 1.82) is 0 Å². The molecule has 0 atom stereocenters. The molecule has 2 aromatic carbocycles. The minimum Gasteiger partial charge on any atom is -0.310 e. The minimum absolute atomic E-state index is 0.0840. The predicted octanol–water partition coefficient (Wildman–Crippen LogP) is 4.95. The van der Waals surface area contributed by atoms with Crippen LogP contribution in [0.15, 0.2) is 54.6 Å². The molecular formula is C26H36ClN3. The third-order valence-electron chi connectivity index (χ3n) is 7.37. The summed E-state index contributed by atoms with van der Waals surface area (Å²) in [5.41, 5.74) is 2.89. The van der Waals surface area contributed by atoms with E-state index in [-0.39, 0.29) is 5.54 Å². The van der Waals surface area contributed by atoms with Crippen molar-refractivity contribution in [3.05, 3.63) is 70.7 Å². The standard InChI is InChI=1S/C26H36ClN3/c1-28-26(23-10-5-11-24(27)21-23)14-12-25(13-15-26)30-19-17-29(18-20-30)16-6-9-22-7-3-2-4-8-22/h2-5,7-8,10-11,21,25,28H,6,9,12-20H2,1H3. The molecule has 0 unspecified atom stereocenters. The summed E-state index contributed by atoms with van der Waals surface area (Å²) in [4.78, 5) is 5.41. The van der Waals surface area contributed by atoms with Crippen LogP contribution in [0.4, 0.5) is 0 Å². The largest absolute Gasteiger partial charge is 0.310 e. The Hall–Kier alpha value is -1.39. The minimum atomic E-state index is 0.0840. The fraction of sp³-hybridized carbons (Fsp3) is 0.538.